The third kappa shape index (κ3) is 2.54. The second-order valence-corrected chi connectivity index (χ2v) is 4.70. The predicted octanol–water partition coefficient (Wildman–Crippen LogP) is 1.37. The zero-order valence-corrected chi connectivity index (χ0v) is 9.60. The van der Waals surface area contributed by atoms with Gasteiger partial charge in [-0.3, -0.25) is 0 Å². The van der Waals surface area contributed by atoms with Crippen LogP contribution in [0.2, 0.25) is 0 Å². The Bertz CT molecular complexity index is 328. The van der Waals surface area contributed by atoms with Crippen molar-refractivity contribution in [2.45, 2.75) is 24.8 Å². The van der Waals surface area contributed by atoms with Crippen LogP contribution in [0.4, 0.5) is 5.69 Å². The molecule has 88 valence electrons. The summed E-state index contributed by atoms with van der Waals surface area (Å²) in [6.07, 6.45) is 2.82. The van der Waals surface area contributed by atoms with Gasteiger partial charge in [-0.25, -0.2) is 0 Å². The minimum absolute atomic E-state index is 0.0929. The van der Waals surface area contributed by atoms with Crippen LogP contribution in [0.25, 0.3) is 0 Å². The zero-order valence-electron chi connectivity index (χ0n) is 9.60. The van der Waals surface area contributed by atoms with Crippen LogP contribution in [0, 0.1) is 0 Å². The lowest BCUT2D eigenvalue weighted by atomic mass is 9.93. The van der Waals surface area contributed by atoms with Crippen LogP contribution in [0.15, 0.2) is 30.3 Å². The minimum Gasteiger partial charge on any atom is -0.394 e. The van der Waals surface area contributed by atoms with Gasteiger partial charge in [0.1, 0.15) is 0 Å². The number of aliphatic hydroxyl groups is 1. The van der Waals surface area contributed by atoms with Crippen LogP contribution < -0.4 is 10.6 Å². The Labute approximate surface area is 96.9 Å². The molecular weight excluding hydrogens is 200 g/mol. The summed E-state index contributed by atoms with van der Waals surface area (Å²) in [5.74, 6) is 0. The van der Waals surface area contributed by atoms with E-state index < -0.39 is 0 Å². The van der Waals surface area contributed by atoms with Gasteiger partial charge in [0.2, 0.25) is 0 Å². The molecule has 2 rings (SSSR count). The van der Waals surface area contributed by atoms with Crippen molar-refractivity contribution in [3.05, 3.63) is 30.3 Å². The summed E-state index contributed by atoms with van der Waals surface area (Å²) in [5.41, 5.74) is 7.00. The lowest BCUT2D eigenvalue weighted by Crippen LogP contribution is -2.44. The van der Waals surface area contributed by atoms with Gasteiger partial charge in [0.05, 0.1) is 6.61 Å². The predicted molar refractivity (Wildman–Crippen MR) is 66.5 cm³/mol. The molecule has 0 aromatic heterocycles. The van der Waals surface area contributed by atoms with Crippen LogP contribution in [-0.4, -0.2) is 30.3 Å². The molecule has 1 unspecified atom stereocenters. The Kier molecular flexibility index (Phi) is 3.46. The highest BCUT2D eigenvalue weighted by Crippen LogP contribution is 2.23. The number of benzene rings is 1. The van der Waals surface area contributed by atoms with Gasteiger partial charge in [-0.15, -0.1) is 0 Å². The van der Waals surface area contributed by atoms with Crippen molar-refractivity contribution in [2.75, 3.05) is 24.6 Å². The summed E-state index contributed by atoms with van der Waals surface area (Å²) >= 11 is 0. The average molecular weight is 220 g/mol. The quantitative estimate of drug-likeness (QED) is 0.791. The molecule has 3 heteroatoms. The number of hydrogen-bond acceptors (Lipinski definition) is 3. The largest absolute Gasteiger partial charge is 0.394 e. The molecule has 0 spiro atoms. The lowest BCUT2D eigenvalue weighted by molar-refractivity contribution is 0.183. The monoisotopic (exact) mass is 220 g/mol. The van der Waals surface area contributed by atoms with Crippen molar-refractivity contribution >= 4 is 5.69 Å². The number of para-hydroxylation sites is 1. The van der Waals surface area contributed by atoms with Crippen LogP contribution in [-0.2, 0) is 0 Å². The molecule has 1 atom stereocenters. The van der Waals surface area contributed by atoms with E-state index in [1.54, 1.807) is 0 Å². The van der Waals surface area contributed by atoms with Crippen molar-refractivity contribution in [1.29, 1.82) is 0 Å². The van der Waals surface area contributed by atoms with Gasteiger partial charge >= 0.3 is 0 Å². The SMILES string of the molecule is NC1(CO)CCCN(c2ccccc2)CC1. The fourth-order valence-corrected chi connectivity index (χ4v) is 2.27. The van der Waals surface area contributed by atoms with E-state index in [1.807, 2.05) is 6.07 Å². The first-order chi connectivity index (χ1) is 7.73. The molecule has 1 aliphatic heterocycles. The van der Waals surface area contributed by atoms with E-state index in [-0.39, 0.29) is 12.1 Å². The van der Waals surface area contributed by atoms with E-state index in [9.17, 15) is 5.11 Å². The van der Waals surface area contributed by atoms with Crippen molar-refractivity contribution in [3.8, 4) is 0 Å². The topological polar surface area (TPSA) is 49.5 Å². The van der Waals surface area contributed by atoms with Crippen molar-refractivity contribution in [2.24, 2.45) is 5.73 Å². The van der Waals surface area contributed by atoms with Crippen LogP contribution in [0.3, 0.4) is 0 Å². The normalized spacial score (nSPS) is 26.5. The average Bonchev–Trinajstić information content (AvgIpc) is 2.53. The van der Waals surface area contributed by atoms with Gasteiger partial charge in [-0.2, -0.15) is 0 Å². The first kappa shape index (κ1) is 11.4. The van der Waals surface area contributed by atoms with E-state index in [2.05, 4.69) is 29.2 Å². The molecular formula is C13H20N2O. The maximum absolute atomic E-state index is 9.29. The highest BCUT2D eigenvalue weighted by molar-refractivity contribution is 5.46. The molecule has 0 saturated carbocycles. The van der Waals surface area contributed by atoms with Gasteiger partial charge in [0.15, 0.2) is 0 Å². The molecule has 1 saturated heterocycles. The molecule has 0 radical (unpaired) electrons. The van der Waals surface area contributed by atoms with Crippen LogP contribution in [0.1, 0.15) is 19.3 Å². The van der Waals surface area contributed by atoms with Gasteiger partial charge in [-0.1, -0.05) is 18.2 Å². The summed E-state index contributed by atoms with van der Waals surface area (Å²) in [6, 6.07) is 10.4. The summed E-state index contributed by atoms with van der Waals surface area (Å²) in [6.45, 7) is 2.06. The zero-order chi connectivity index (χ0) is 11.4. The molecule has 3 nitrogen and oxygen atoms in total. The summed E-state index contributed by atoms with van der Waals surface area (Å²) in [4.78, 5) is 2.35. The van der Waals surface area contributed by atoms with Gasteiger partial charge in [0.25, 0.3) is 0 Å². The number of hydrogen-bond donors (Lipinski definition) is 2. The summed E-state index contributed by atoms with van der Waals surface area (Å²) in [5, 5.41) is 9.29. The molecule has 1 aromatic carbocycles. The molecule has 0 bridgehead atoms. The second-order valence-electron chi connectivity index (χ2n) is 4.70. The maximum atomic E-state index is 9.29. The molecule has 0 amide bonds. The molecule has 1 aromatic rings. The Morgan fingerprint density at radius 3 is 2.62 bits per heavy atom. The van der Waals surface area contributed by atoms with Gasteiger partial charge in [-0.05, 0) is 31.4 Å². The van der Waals surface area contributed by atoms with Crippen LogP contribution in [0.5, 0.6) is 0 Å². The highest BCUT2D eigenvalue weighted by Gasteiger charge is 2.27. The van der Waals surface area contributed by atoms with E-state index in [1.165, 1.54) is 5.69 Å². The number of nitrogens with two attached hydrogens (primary N) is 1. The number of aliphatic hydroxyl groups excluding tert-OH is 1. The Hall–Kier alpha value is -1.06. The summed E-state index contributed by atoms with van der Waals surface area (Å²) in [7, 11) is 0. The molecule has 0 aliphatic carbocycles. The van der Waals surface area contributed by atoms with Crippen LogP contribution >= 0.6 is 0 Å². The first-order valence-corrected chi connectivity index (χ1v) is 5.93. The molecule has 3 N–H and O–H groups in total. The molecule has 16 heavy (non-hydrogen) atoms. The number of anilines is 1. The molecule has 1 aliphatic rings. The minimum atomic E-state index is -0.371. The second kappa shape index (κ2) is 4.85. The number of nitrogens with zero attached hydrogens (tertiary/aromatic N) is 1. The van der Waals surface area contributed by atoms with E-state index in [0.717, 1.165) is 32.4 Å². The summed E-state index contributed by atoms with van der Waals surface area (Å²) < 4.78 is 0. The van der Waals surface area contributed by atoms with Gasteiger partial charge < -0.3 is 15.7 Å². The van der Waals surface area contributed by atoms with Crippen molar-refractivity contribution in [1.82, 2.24) is 0 Å². The van der Waals surface area contributed by atoms with E-state index >= 15 is 0 Å². The van der Waals surface area contributed by atoms with Gasteiger partial charge in [0, 0.05) is 24.3 Å². The lowest BCUT2D eigenvalue weighted by Gasteiger charge is -2.26. The fraction of sp³-hybridized carbons (Fsp3) is 0.538. The van der Waals surface area contributed by atoms with Crippen molar-refractivity contribution in [3.63, 3.8) is 0 Å². The first-order valence-electron chi connectivity index (χ1n) is 5.93. The third-order valence-corrected chi connectivity index (χ3v) is 3.42. The van der Waals surface area contributed by atoms with E-state index in [4.69, 9.17) is 5.73 Å². The third-order valence-electron chi connectivity index (χ3n) is 3.42. The number of rotatable bonds is 2. The van der Waals surface area contributed by atoms with E-state index in [0.29, 0.717) is 0 Å². The Balaban J connectivity index is 2.05. The standard InChI is InChI=1S/C13H20N2O/c14-13(11-16)7-4-9-15(10-8-13)12-5-2-1-3-6-12/h1-3,5-6,16H,4,7-11,14H2. The highest BCUT2D eigenvalue weighted by atomic mass is 16.3. The van der Waals surface area contributed by atoms with Crippen molar-refractivity contribution < 1.29 is 5.11 Å². The maximum Gasteiger partial charge on any atom is 0.0611 e. The fourth-order valence-electron chi connectivity index (χ4n) is 2.27. The Morgan fingerprint density at radius 2 is 1.94 bits per heavy atom. The molecule has 1 fully saturated rings. The molecule has 1 heterocycles. The smallest absolute Gasteiger partial charge is 0.0611 e. The Morgan fingerprint density at radius 1 is 1.19 bits per heavy atom.